The largest absolute Gasteiger partial charge is 0.358 e. The average Bonchev–Trinajstić information content (AvgIpc) is 2.64. The number of amidine groups is 1. The predicted octanol–water partition coefficient (Wildman–Crippen LogP) is 0.338. The maximum absolute atomic E-state index is 10.9. The zero-order chi connectivity index (χ0) is 9.26. The van der Waals surface area contributed by atoms with Crippen LogP contribution < -0.4 is 5.32 Å². The van der Waals surface area contributed by atoms with Crippen LogP contribution in [0.4, 0.5) is 0 Å². The third kappa shape index (κ3) is 1.82. The number of likely N-dealkylation sites (tertiary alicyclic amines) is 1. The first-order chi connectivity index (χ1) is 6.25. The monoisotopic (exact) mass is 181 g/mol. The molecule has 13 heavy (non-hydrogen) atoms. The molecule has 4 heteroatoms. The summed E-state index contributed by atoms with van der Waals surface area (Å²) >= 11 is 0. The summed E-state index contributed by atoms with van der Waals surface area (Å²) in [6.45, 7) is 1.83. The minimum atomic E-state index is 0.163. The summed E-state index contributed by atoms with van der Waals surface area (Å²) in [5, 5.41) is 10.6. The molecular weight excluding hydrogens is 166 g/mol. The summed E-state index contributed by atoms with van der Waals surface area (Å²) in [6, 6.07) is 0.283. The summed E-state index contributed by atoms with van der Waals surface area (Å²) in [7, 11) is 0. The van der Waals surface area contributed by atoms with Gasteiger partial charge in [0, 0.05) is 32.0 Å². The Hall–Kier alpha value is -1.06. The van der Waals surface area contributed by atoms with E-state index in [4.69, 9.17) is 5.41 Å². The minimum Gasteiger partial charge on any atom is -0.358 e. The zero-order valence-corrected chi connectivity index (χ0v) is 7.68. The van der Waals surface area contributed by atoms with Crippen LogP contribution >= 0.6 is 0 Å². The van der Waals surface area contributed by atoms with Crippen molar-refractivity contribution < 1.29 is 4.79 Å². The Labute approximate surface area is 77.8 Å². The molecule has 0 aromatic heterocycles. The summed E-state index contributed by atoms with van der Waals surface area (Å²) in [5.41, 5.74) is 0. The molecule has 0 radical (unpaired) electrons. The van der Waals surface area contributed by atoms with E-state index < -0.39 is 0 Å². The van der Waals surface area contributed by atoms with Crippen molar-refractivity contribution in [3.8, 4) is 0 Å². The Morgan fingerprint density at radius 1 is 1.54 bits per heavy atom. The molecule has 0 aromatic rings. The van der Waals surface area contributed by atoms with Gasteiger partial charge in [0.2, 0.25) is 5.91 Å². The molecule has 2 saturated heterocycles. The quantitative estimate of drug-likeness (QED) is 0.645. The molecule has 1 unspecified atom stereocenters. The first kappa shape index (κ1) is 8.53. The highest BCUT2D eigenvalue weighted by atomic mass is 16.1. The molecule has 1 atom stereocenters. The molecule has 0 saturated carbocycles. The summed E-state index contributed by atoms with van der Waals surface area (Å²) in [4.78, 5) is 13.0. The minimum absolute atomic E-state index is 0.163. The second kappa shape index (κ2) is 3.36. The summed E-state index contributed by atoms with van der Waals surface area (Å²) < 4.78 is 0. The van der Waals surface area contributed by atoms with Gasteiger partial charge in [0.05, 0.1) is 5.84 Å². The van der Waals surface area contributed by atoms with Gasteiger partial charge in [0.15, 0.2) is 0 Å². The number of carbonyl (C=O) groups is 1. The number of hydrogen-bond acceptors (Lipinski definition) is 2. The Kier molecular flexibility index (Phi) is 2.20. The normalized spacial score (nSPS) is 28.3. The second-order valence-corrected chi connectivity index (χ2v) is 3.80. The van der Waals surface area contributed by atoms with Gasteiger partial charge in [-0.15, -0.1) is 0 Å². The van der Waals surface area contributed by atoms with Crippen LogP contribution in [0.15, 0.2) is 0 Å². The molecule has 2 rings (SSSR count). The molecule has 0 aromatic carbocycles. The second-order valence-electron chi connectivity index (χ2n) is 3.80. The molecule has 2 N–H and O–H groups in total. The van der Waals surface area contributed by atoms with Crippen molar-refractivity contribution in [2.24, 2.45) is 0 Å². The molecule has 72 valence electrons. The first-order valence-corrected chi connectivity index (χ1v) is 4.87. The molecule has 2 fully saturated rings. The van der Waals surface area contributed by atoms with Crippen molar-refractivity contribution in [3.05, 3.63) is 0 Å². The van der Waals surface area contributed by atoms with Gasteiger partial charge in [0.25, 0.3) is 0 Å². The lowest BCUT2D eigenvalue weighted by molar-refractivity contribution is -0.119. The van der Waals surface area contributed by atoms with Crippen molar-refractivity contribution in [3.63, 3.8) is 0 Å². The van der Waals surface area contributed by atoms with Gasteiger partial charge in [-0.1, -0.05) is 0 Å². The highest BCUT2D eigenvalue weighted by molar-refractivity contribution is 5.81. The van der Waals surface area contributed by atoms with Gasteiger partial charge >= 0.3 is 0 Å². The van der Waals surface area contributed by atoms with E-state index in [1.54, 1.807) is 0 Å². The number of amides is 1. The number of nitrogens with zero attached hydrogens (tertiary/aromatic N) is 1. The fourth-order valence-electron chi connectivity index (χ4n) is 2.01. The molecule has 0 aliphatic carbocycles. The number of hydrogen-bond donors (Lipinski definition) is 2. The van der Waals surface area contributed by atoms with Crippen LogP contribution in [-0.2, 0) is 4.79 Å². The maximum Gasteiger partial charge on any atom is 0.220 e. The van der Waals surface area contributed by atoms with Gasteiger partial charge in [-0.25, -0.2) is 0 Å². The zero-order valence-electron chi connectivity index (χ0n) is 7.68. The molecule has 2 aliphatic heterocycles. The summed E-state index contributed by atoms with van der Waals surface area (Å²) in [5.74, 6) is 0.900. The van der Waals surface area contributed by atoms with Gasteiger partial charge in [-0.2, -0.15) is 0 Å². The Morgan fingerprint density at radius 2 is 2.38 bits per heavy atom. The number of rotatable bonds is 2. The summed E-state index contributed by atoms with van der Waals surface area (Å²) in [6.07, 6.45) is 3.59. The van der Waals surface area contributed by atoms with Crippen molar-refractivity contribution in [2.45, 2.75) is 31.7 Å². The van der Waals surface area contributed by atoms with Crippen LogP contribution in [0, 0.1) is 5.41 Å². The van der Waals surface area contributed by atoms with Crippen LogP contribution in [-0.4, -0.2) is 35.8 Å². The van der Waals surface area contributed by atoms with Gasteiger partial charge in [0.1, 0.15) is 0 Å². The molecule has 0 spiro atoms. The molecular formula is C9H15N3O. The lowest BCUT2D eigenvalue weighted by atomic mass is 10.2. The van der Waals surface area contributed by atoms with Gasteiger partial charge in [-0.05, 0) is 12.8 Å². The maximum atomic E-state index is 10.9. The number of carbonyl (C=O) groups excluding carboxylic acids is 1. The van der Waals surface area contributed by atoms with Crippen LogP contribution in [0.5, 0.6) is 0 Å². The van der Waals surface area contributed by atoms with E-state index in [-0.39, 0.29) is 11.9 Å². The molecule has 2 aliphatic rings. The van der Waals surface area contributed by atoms with Crippen molar-refractivity contribution >= 4 is 11.7 Å². The van der Waals surface area contributed by atoms with Crippen LogP contribution in [0.2, 0.25) is 0 Å². The Bertz CT molecular complexity index is 239. The van der Waals surface area contributed by atoms with Gasteiger partial charge in [-0.3, -0.25) is 10.2 Å². The van der Waals surface area contributed by atoms with Crippen LogP contribution in [0.3, 0.4) is 0 Å². The fourth-order valence-corrected chi connectivity index (χ4v) is 2.01. The highest BCUT2D eigenvalue weighted by Gasteiger charge is 2.25. The third-order valence-electron chi connectivity index (χ3n) is 2.75. The van der Waals surface area contributed by atoms with Gasteiger partial charge < -0.3 is 10.2 Å². The third-order valence-corrected chi connectivity index (χ3v) is 2.75. The van der Waals surface area contributed by atoms with E-state index in [9.17, 15) is 4.79 Å². The fraction of sp³-hybridized carbons (Fsp3) is 0.778. The van der Waals surface area contributed by atoms with E-state index in [2.05, 4.69) is 10.2 Å². The predicted molar refractivity (Wildman–Crippen MR) is 49.7 cm³/mol. The topological polar surface area (TPSA) is 56.2 Å². The Balaban J connectivity index is 1.84. The molecule has 4 nitrogen and oxygen atoms in total. The van der Waals surface area contributed by atoms with Crippen molar-refractivity contribution in [1.82, 2.24) is 10.2 Å². The first-order valence-electron chi connectivity index (χ1n) is 4.87. The lowest BCUT2D eigenvalue weighted by Crippen LogP contribution is -2.39. The van der Waals surface area contributed by atoms with E-state index >= 15 is 0 Å². The SMILES string of the molecule is N=C1CCCN1CC1CCC(=O)N1. The van der Waals surface area contributed by atoms with E-state index in [1.807, 2.05) is 0 Å². The van der Waals surface area contributed by atoms with Crippen molar-refractivity contribution in [2.75, 3.05) is 13.1 Å². The van der Waals surface area contributed by atoms with Crippen molar-refractivity contribution in [1.29, 1.82) is 5.41 Å². The van der Waals surface area contributed by atoms with Crippen LogP contribution in [0.25, 0.3) is 0 Å². The smallest absolute Gasteiger partial charge is 0.220 e. The molecule has 1 amide bonds. The lowest BCUT2D eigenvalue weighted by Gasteiger charge is -2.21. The number of nitrogens with one attached hydrogen (secondary N) is 2. The molecule has 0 bridgehead atoms. The van der Waals surface area contributed by atoms with E-state index in [0.717, 1.165) is 38.2 Å². The average molecular weight is 181 g/mol. The van der Waals surface area contributed by atoms with E-state index in [0.29, 0.717) is 6.42 Å². The highest BCUT2D eigenvalue weighted by Crippen LogP contribution is 2.14. The molecule has 2 heterocycles. The van der Waals surface area contributed by atoms with Crippen LogP contribution in [0.1, 0.15) is 25.7 Å². The standard InChI is InChI=1S/C9H15N3O/c10-8-2-1-5-12(8)6-7-3-4-9(13)11-7/h7,10H,1-6H2,(H,11,13). The Morgan fingerprint density at radius 3 is 2.92 bits per heavy atom. The van der Waals surface area contributed by atoms with E-state index in [1.165, 1.54) is 0 Å².